The summed E-state index contributed by atoms with van der Waals surface area (Å²) >= 11 is 0. The minimum absolute atomic E-state index is 0.560. The second-order valence-corrected chi connectivity index (χ2v) is 3.79. The van der Waals surface area contributed by atoms with Crippen LogP contribution in [0.1, 0.15) is 29.6 Å². The van der Waals surface area contributed by atoms with E-state index in [4.69, 9.17) is 0 Å². The van der Waals surface area contributed by atoms with Crippen LogP contribution in [0.25, 0.3) is 5.82 Å². The Labute approximate surface area is 99.8 Å². The van der Waals surface area contributed by atoms with Gasteiger partial charge in [-0.2, -0.15) is 10.4 Å². The molecule has 86 valence electrons. The van der Waals surface area contributed by atoms with E-state index in [-0.39, 0.29) is 0 Å². The highest BCUT2D eigenvalue weighted by molar-refractivity contribution is 5.49. The maximum atomic E-state index is 9.23. The average Bonchev–Trinajstić information content (AvgIpc) is 2.80. The van der Waals surface area contributed by atoms with Crippen molar-refractivity contribution in [3.05, 3.63) is 35.0 Å². The van der Waals surface area contributed by atoms with Gasteiger partial charge in [-0.3, -0.25) is 4.57 Å². The Balaban J connectivity index is 2.69. The minimum atomic E-state index is 0.560. The number of aryl methyl sites for hydroxylation is 2. The van der Waals surface area contributed by atoms with Gasteiger partial charge in [0.1, 0.15) is 17.5 Å². The van der Waals surface area contributed by atoms with Gasteiger partial charge in [-0.05, 0) is 19.4 Å². The summed E-state index contributed by atoms with van der Waals surface area (Å²) in [7, 11) is 0. The van der Waals surface area contributed by atoms with Gasteiger partial charge in [0.2, 0.25) is 0 Å². The van der Waals surface area contributed by atoms with Gasteiger partial charge in [-0.15, -0.1) is 5.10 Å². The smallest absolute Gasteiger partial charge is 0.179 e. The normalized spacial score (nSPS) is 10.2. The van der Waals surface area contributed by atoms with E-state index in [1.165, 1.54) is 0 Å². The molecule has 0 unspecified atom stereocenters. The van der Waals surface area contributed by atoms with E-state index in [0.717, 1.165) is 23.5 Å². The summed E-state index contributed by atoms with van der Waals surface area (Å²) in [6, 6.07) is 2.19. The molecule has 0 bridgehead atoms. The molecule has 2 aromatic heterocycles. The molecule has 2 aromatic rings. The summed E-state index contributed by atoms with van der Waals surface area (Å²) < 4.78 is 1.82. The molecule has 5 nitrogen and oxygen atoms in total. The highest BCUT2D eigenvalue weighted by Gasteiger charge is 2.14. The number of hydrogen-bond donors (Lipinski definition) is 0. The van der Waals surface area contributed by atoms with Crippen LogP contribution in [-0.4, -0.2) is 19.7 Å². The zero-order valence-electron chi connectivity index (χ0n) is 10.1. The third kappa shape index (κ3) is 1.78. The van der Waals surface area contributed by atoms with Gasteiger partial charge in [0, 0.05) is 18.8 Å². The van der Waals surface area contributed by atoms with E-state index >= 15 is 0 Å². The molecular formula is C12H13N5. The Morgan fingerprint density at radius 1 is 1.35 bits per heavy atom. The third-order valence-electron chi connectivity index (χ3n) is 2.81. The Morgan fingerprint density at radius 3 is 2.76 bits per heavy atom. The summed E-state index contributed by atoms with van der Waals surface area (Å²) in [6.07, 6.45) is 4.29. The molecule has 0 aliphatic carbocycles. The summed E-state index contributed by atoms with van der Waals surface area (Å²) in [5.74, 6) is 1.43. The number of nitriles is 1. The summed E-state index contributed by atoms with van der Waals surface area (Å²) in [4.78, 5) is 4.22. The highest BCUT2D eigenvalue weighted by atomic mass is 15.2. The van der Waals surface area contributed by atoms with E-state index in [9.17, 15) is 5.26 Å². The zero-order chi connectivity index (χ0) is 12.4. The molecular weight excluding hydrogens is 214 g/mol. The maximum absolute atomic E-state index is 9.23. The first-order chi connectivity index (χ1) is 8.19. The molecule has 0 saturated heterocycles. The van der Waals surface area contributed by atoms with Gasteiger partial charge in [-0.1, -0.05) is 6.92 Å². The SMILES string of the molecule is CCc1nccn1-c1nnc(C)c(C)c1C#N. The molecule has 0 saturated carbocycles. The van der Waals surface area contributed by atoms with Crippen LogP contribution in [0.5, 0.6) is 0 Å². The number of hydrogen-bond acceptors (Lipinski definition) is 4. The molecule has 0 amide bonds. The topological polar surface area (TPSA) is 67.4 Å². The Morgan fingerprint density at radius 2 is 2.12 bits per heavy atom. The molecule has 0 aliphatic rings. The number of rotatable bonds is 2. The Bertz CT molecular complexity index is 591. The quantitative estimate of drug-likeness (QED) is 0.783. The monoisotopic (exact) mass is 227 g/mol. The van der Waals surface area contributed by atoms with Gasteiger partial charge in [0.15, 0.2) is 5.82 Å². The lowest BCUT2D eigenvalue weighted by atomic mass is 10.1. The first-order valence-electron chi connectivity index (χ1n) is 5.45. The van der Waals surface area contributed by atoms with Crippen LogP contribution in [0.2, 0.25) is 0 Å². The van der Waals surface area contributed by atoms with Crippen LogP contribution >= 0.6 is 0 Å². The minimum Gasteiger partial charge on any atom is -0.285 e. The summed E-state index contributed by atoms with van der Waals surface area (Å²) in [6.45, 7) is 5.75. The largest absolute Gasteiger partial charge is 0.285 e. The van der Waals surface area contributed by atoms with Gasteiger partial charge in [0.25, 0.3) is 0 Å². The fourth-order valence-electron chi connectivity index (χ4n) is 1.69. The maximum Gasteiger partial charge on any atom is 0.179 e. The first-order valence-corrected chi connectivity index (χ1v) is 5.45. The Kier molecular flexibility index (Phi) is 2.88. The van der Waals surface area contributed by atoms with Gasteiger partial charge >= 0.3 is 0 Å². The van der Waals surface area contributed by atoms with Crippen molar-refractivity contribution in [2.24, 2.45) is 0 Å². The fraction of sp³-hybridized carbons (Fsp3) is 0.333. The third-order valence-corrected chi connectivity index (χ3v) is 2.81. The van der Waals surface area contributed by atoms with Crippen molar-refractivity contribution in [3.8, 4) is 11.9 Å². The van der Waals surface area contributed by atoms with Crippen LogP contribution < -0.4 is 0 Å². The van der Waals surface area contributed by atoms with E-state index in [1.807, 2.05) is 25.3 Å². The van der Waals surface area contributed by atoms with Crippen molar-refractivity contribution in [3.63, 3.8) is 0 Å². The predicted molar refractivity (Wildman–Crippen MR) is 62.7 cm³/mol. The van der Waals surface area contributed by atoms with Crippen LogP contribution in [-0.2, 0) is 6.42 Å². The molecule has 2 heterocycles. The molecule has 0 fully saturated rings. The van der Waals surface area contributed by atoms with Crippen LogP contribution in [0.15, 0.2) is 12.4 Å². The lowest BCUT2D eigenvalue weighted by molar-refractivity contribution is 0.821. The standard InChI is InChI=1S/C12H13N5/c1-4-11-14-5-6-17(11)12-10(7-13)8(2)9(3)15-16-12/h5-6H,4H2,1-3H3. The van der Waals surface area contributed by atoms with Gasteiger partial charge < -0.3 is 0 Å². The Hall–Kier alpha value is -2.22. The lowest BCUT2D eigenvalue weighted by Gasteiger charge is -2.09. The number of nitrogens with zero attached hydrogens (tertiary/aromatic N) is 5. The highest BCUT2D eigenvalue weighted by Crippen LogP contribution is 2.17. The number of imidazole rings is 1. The van der Waals surface area contributed by atoms with Crippen LogP contribution in [0.4, 0.5) is 0 Å². The van der Waals surface area contributed by atoms with E-state index < -0.39 is 0 Å². The second-order valence-electron chi connectivity index (χ2n) is 3.79. The molecule has 17 heavy (non-hydrogen) atoms. The first kappa shape index (κ1) is 11.3. The molecule has 0 aliphatic heterocycles. The lowest BCUT2D eigenvalue weighted by Crippen LogP contribution is -2.08. The van der Waals surface area contributed by atoms with Gasteiger partial charge in [0.05, 0.1) is 5.69 Å². The molecule has 0 N–H and O–H groups in total. The molecule has 0 atom stereocenters. The van der Waals surface area contributed by atoms with Crippen molar-refractivity contribution < 1.29 is 0 Å². The van der Waals surface area contributed by atoms with Gasteiger partial charge in [-0.25, -0.2) is 4.98 Å². The van der Waals surface area contributed by atoms with Crippen LogP contribution in [0.3, 0.4) is 0 Å². The zero-order valence-corrected chi connectivity index (χ0v) is 10.1. The molecule has 5 heteroatoms. The fourth-order valence-corrected chi connectivity index (χ4v) is 1.69. The molecule has 0 radical (unpaired) electrons. The second kappa shape index (κ2) is 4.34. The van der Waals surface area contributed by atoms with Crippen molar-refractivity contribution in [1.82, 2.24) is 19.7 Å². The van der Waals surface area contributed by atoms with Crippen molar-refractivity contribution in [2.75, 3.05) is 0 Å². The van der Waals surface area contributed by atoms with Crippen molar-refractivity contribution in [2.45, 2.75) is 27.2 Å². The molecule has 2 rings (SSSR count). The van der Waals surface area contributed by atoms with E-state index in [0.29, 0.717) is 11.4 Å². The predicted octanol–water partition coefficient (Wildman–Crippen LogP) is 1.71. The average molecular weight is 227 g/mol. The summed E-state index contributed by atoms with van der Waals surface area (Å²) in [5, 5.41) is 17.4. The van der Waals surface area contributed by atoms with Crippen LogP contribution in [0, 0.1) is 25.2 Å². The van der Waals surface area contributed by atoms with E-state index in [2.05, 4.69) is 21.3 Å². The van der Waals surface area contributed by atoms with E-state index in [1.54, 1.807) is 12.4 Å². The van der Waals surface area contributed by atoms with Crippen molar-refractivity contribution in [1.29, 1.82) is 5.26 Å². The number of aromatic nitrogens is 4. The molecule has 0 spiro atoms. The van der Waals surface area contributed by atoms with Crippen molar-refractivity contribution >= 4 is 0 Å². The summed E-state index contributed by atoms with van der Waals surface area (Å²) in [5.41, 5.74) is 2.21. The molecule has 0 aromatic carbocycles.